The number of benzene rings is 1. The Balaban J connectivity index is 1.82. The van der Waals surface area contributed by atoms with Gasteiger partial charge in [-0.3, -0.25) is 0 Å². The highest BCUT2D eigenvalue weighted by molar-refractivity contribution is 5.74. The van der Waals surface area contributed by atoms with Crippen LogP contribution in [0.2, 0.25) is 0 Å². The number of carbonyl (C=O) groups excluding carboxylic acids is 1. The van der Waals surface area contributed by atoms with Crippen LogP contribution in [0.15, 0.2) is 24.3 Å². The molecule has 1 heterocycles. The molecule has 1 saturated heterocycles. The SMILES string of the molecule is CC(NC(=O)N(C)CC1CCCCO1)c1ccc(OCC(F)(F)F)cc1. The van der Waals surface area contributed by atoms with Crippen LogP contribution in [0.5, 0.6) is 5.75 Å². The maximum Gasteiger partial charge on any atom is 0.422 e. The number of urea groups is 1. The topological polar surface area (TPSA) is 50.8 Å². The monoisotopic (exact) mass is 374 g/mol. The van der Waals surface area contributed by atoms with E-state index in [1.165, 1.54) is 12.1 Å². The van der Waals surface area contributed by atoms with Gasteiger partial charge in [-0.05, 0) is 43.9 Å². The van der Waals surface area contributed by atoms with Crippen molar-refractivity contribution in [2.75, 3.05) is 26.8 Å². The van der Waals surface area contributed by atoms with Crippen molar-refractivity contribution in [1.29, 1.82) is 0 Å². The van der Waals surface area contributed by atoms with Gasteiger partial charge in [0.1, 0.15) is 5.75 Å². The van der Waals surface area contributed by atoms with Crippen molar-refractivity contribution >= 4 is 6.03 Å². The largest absolute Gasteiger partial charge is 0.484 e. The molecule has 0 radical (unpaired) electrons. The van der Waals surface area contributed by atoms with E-state index in [4.69, 9.17) is 4.74 Å². The number of ether oxygens (including phenoxy) is 2. The third-order valence-corrected chi connectivity index (χ3v) is 4.22. The summed E-state index contributed by atoms with van der Waals surface area (Å²) >= 11 is 0. The molecule has 0 saturated carbocycles. The number of nitrogens with one attached hydrogen (secondary N) is 1. The van der Waals surface area contributed by atoms with Crippen LogP contribution in [0.4, 0.5) is 18.0 Å². The van der Waals surface area contributed by atoms with Crippen molar-refractivity contribution in [3.8, 4) is 5.75 Å². The summed E-state index contributed by atoms with van der Waals surface area (Å²) in [5, 5.41) is 2.87. The first kappa shape index (κ1) is 20.4. The van der Waals surface area contributed by atoms with Crippen molar-refractivity contribution in [3.63, 3.8) is 0 Å². The molecular weight excluding hydrogens is 349 g/mol. The molecule has 1 N–H and O–H groups in total. The molecule has 1 aliphatic rings. The van der Waals surface area contributed by atoms with E-state index in [1.807, 2.05) is 6.92 Å². The van der Waals surface area contributed by atoms with Crippen molar-refractivity contribution in [1.82, 2.24) is 10.2 Å². The first-order chi connectivity index (χ1) is 12.2. The van der Waals surface area contributed by atoms with Crippen LogP contribution in [0.3, 0.4) is 0 Å². The lowest BCUT2D eigenvalue weighted by atomic mass is 10.1. The number of likely N-dealkylation sites (N-methyl/N-ethyl adjacent to an activating group) is 1. The highest BCUT2D eigenvalue weighted by Crippen LogP contribution is 2.21. The van der Waals surface area contributed by atoms with E-state index in [0.717, 1.165) is 31.4 Å². The fraction of sp³-hybridized carbons (Fsp3) is 0.611. The van der Waals surface area contributed by atoms with Crippen molar-refractivity contribution in [3.05, 3.63) is 29.8 Å². The molecule has 0 aromatic heterocycles. The molecule has 1 aromatic carbocycles. The number of hydrogen-bond acceptors (Lipinski definition) is 3. The van der Waals surface area contributed by atoms with Gasteiger partial charge in [0, 0.05) is 20.2 Å². The lowest BCUT2D eigenvalue weighted by Gasteiger charge is -2.28. The van der Waals surface area contributed by atoms with E-state index in [2.05, 4.69) is 10.1 Å². The number of halogens is 3. The van der Waals surface area contributed by atoms with E-state index in [1.54, 1.807) is 24.1 Å². The molecule has 1 fully saturated rings. The van der Waals surface area contributed by atoms with Crippen molar-refractivity contribution in [2.45, 2.75) is 44.5 Å². The van der Waals surface area contributed by atoms with Gasteiger partial charge in [-0.15, -0.1) is 0 Å². The summed E-state index contributed by atoms with van der Waals surface area (Å²) in [6.45, 7) is 1.75. The molecular formula is C18H25F3N2O3. The molecule has 8 heteroatoms. The Morgan fingerprint density at radius 2 is 2.04 bits per heavy atom. The van der Waals surface area contributed by atoms with Crippen LogP contribution in [-0.2, 0) is 4.74 Å². The summed E-state index contributed by atoms with van der Waals surface area (Å²) in [6.07, 6.45) is -1.18. The van der Waals surface area contributed by atoms with Crippen LogP contribution in [0, 0.1) is 0 Å². The lowest BCUT2D eigenvalue weighted by Crippen LogP contribution is -2.43. The van der Waals surface area contributed by atoms with Gasteiger partial charge in [0.05, 0.1) is 12.1 Å². The number of carbonyl (C=O) groups is 1. The molecule has 2 atom stereocenters. The van der Waals surface area contributed by atoms with Crippen molar-refractivity contribution < 1.29 is 27.4 Å². The Labute approximate surface area is 151 Å². The van der Waals surface area contributed by atoms with Crippen LogP contribution in [-0.4, -0.2) is 50.0 Å². The molecule has 26 heavy (non-hydrogen) atoms. The number of alkyl halides is 3. The molecule has 5 nitrogen and oxygen atoms in total. The Bertz CT molecular complexity index is 572. The maximum absolute atomic E-state index is 12.3. The van der Waals surface area contributed by atoms with E-state index in [0.29, 0.717) is 6.54 Å². The van der Waals surface area contributed by atoms with Gasteiger partial charge in [-0.25, -0.2) is 4.79 Å². The van der Waals surface area contributed by atoms with E-state index < -0.39 is 12.8 Å². The predicted octanol–water partition coefficient (Wildman–Crippen LogP) is 3.90. The van der Waals surface area contributed by atoms with Gasteiger partial charge in [0.2, 0.25) is 0 Å². The highest BCUT2D eigenvalue weighted by atomic mass is 19.4. The Morgan fingerprint density at radius 1 is 1.35 bits per heavy atom. The summed E-state index contributed by atoms with van der Waals surface area (Å²) in [5.41, 5.74) is 0.778. The normalized spacial score (nSPS) is 18.9. The summed E-state index contributed by atoms with van der Waals surface area (Å²) < 4.78 is 46.8. The smallest absolute Gasteiger partial charge is 0.422 e. The fourth-order valence-corrected chi connectivity index (χ4v) is 2.74. The standard InChI is InChI=1S/C18H25F3N2O3/c1-13(14-6-8-15(9-7-14)26-12-18(19,20)21)22-17(24)23(2)11-16-5-3-4-10-25-16/h6-9,13,16H,3-5,10-12H2,1-2H3,(H,22,24). The molecule has 1 aliphatic heterocycles. The van der Waals surface area contributed by atoms with Crippen LogP contribution in [0.1, 0.15) is 37.8 Å². The fourth-order valence-electron chi connectivity index (χ4n) is 2.74. The molecule has 0 spiro atoms. The molecule has 0 bridgehead atoms. The third kappa shape index (κ3) is 6.74. The predicted molar refractivity (Wildman–Crippen MR) is 91.2 cm³/mol. The molecule has 1 aromatic rings. The third-order valence-electron chi connectivity index (χ3n) is 4.22. The quantitative estimate of drug-likeness (QED) is 0.822. The van der Waals surface area contributed by atoms with Gasteiger partial charge in [-0.2, -0.15) is 13.2 Å². The zero-order valence-electron chi connectivity index (χ0n) is 15.0. The van der Waals surface area contributed by atoms with Gasteiger partial charge in [0.15, 0.2) is 6.61 Å². The second kappa shape index (κ2) is 9.12. The number of nitrogens with zero attached hydrogens (tertiary/aromatic N) is 1. The first-order valence-electron chi connectivity index (χ1n) is 8.67. The van der Waals surface area contributed by atoms with Gasteiger partial charge >= 0.3 is 12.2 Å². The first-order valence-corrected chi connectivity index (χ1v) is 8.67. The summed E-state index contributed by atoms with van der Waals surface area (Å²) in [6, 6.07) is 5.70. The Kier molecular flexibility index (Phi) is 7.14. The highest BCUT2D eigenvalue weighted by Gasteiger charge is 2.28. The number of amides is 2. The molecule has 0 aliphatic carbocycles. The lowest BCUT2D eigenvalue weighted by molar-refractivity contribution is -0.153. The van der Waals surface area contributed by atoms with E-state index in [-0.39, 0.29) is 23.9 Å². The van der Waals surface area contributed by atoms with Crippen LogP contribution < -0.4 is 10.1 Å². The molecule has 2 amide bonds. The maximum atomic E-state index is 12.3. The van der Waals surface area contributed by atoms with Gasteiger partial charge in [0.25, 0.3) is 0 Å². The van der Waals surface area contributed by atoms with Gasteiger partial charge in [-0.1, -0.05) is 12.1 Å². The Hall–Kier alpha value is -1.96. The zero-order chi connectivity index (χ0) is 19.2. The van der Waals surface area contributed by atoms with E-state index in [9.17, 15) is 18.0 Å². The molecule has 2 unspecified atom stereocenters. The minimum Gasteiger partial charge on any atom is -0.484 e. The van der Waals surface area contributed by atoms with Crippen LogP contribution >= 0.6 is 0 Å². The van der Waals surface area contributed by atoms with Gasteiger partial charge < -0.3 is 19.7 Å². The summed E-state index contributed by atoms with van der Waals surface area (Å²) in [7, 11) is 1.72. The second-order valence-corrected chi connectivity index (χ2v) is 6.51. The summed E-state index contributed by atoms with van der Waals surface area (Å²) in [4.78, 5) is 13.9. The summed E-state index contributed by atoms with van der Waals surface area (Å²) in [5.74, 6) is 0.135. The average Bonchev–Trinajstić information content (AvgIpc) is 2.60. The minimum absolute atomic E-state index is 0.0693. The van der Waals surface area contributed by atoms with Crippen molar-refractivity contribution in [2.24, 2.45) is 0 Å². The Morgan fingerprint density at radius 3 is 2.62 bits per heavy atom. The second-order valence-electron chi connectivity index (χ2n) is 6.51. The average molecular weight is 374 g/mol. The molecule has 2 rings (SSSR count). The van der Waals surface area contributed by atoms with Crippen LogP contribution in [0.25, 0.3) is 0 Å². The number of rotatable bonds is 6. The minimum atomic E-state index is -4.37. The van der Waals surface area contributed by atoms with E-state index >= 15 is 0 Å². The molecule has 146 valence electrons. The number of hydrogen-bond donors (Lipinski definition) is 1. The zero-order valence-corrected chi connectivity index (χ0v) is 15.0.